The predicted octanol–water partition coefficient (Wildman–Crippen LogP) is 0.687. The van der Waals surface area contributed by atoms with Gasteiger partial charge in [-0.15, -0.1) is 0 Å². The maximum Gasteiger partial charge on any atom is 0.0443 e. The molecular formula is C11H24N2O. The van der Waals surface area contributed by atoms with E-state index < -0.39 is 0 Å². The highest BCUT2D eigenvalue weighted by molar-refractivity contribution is 4.85. The number of aliphatic hydroxyl groups is 1. The van der Waals surface area contributed by atoms with Gasteiger partial charge >= 0.3 is 0 Å². The van der Waals surface area contributed by atoms with Crippen LogP contribution in [-0.2, 0) is 0 Å². The molecule has 3 heteroatoms. The summed E-state index contributed by atoms with van der Waals surface area (Å²) in [6.07, 6.45) is 2.09. The van der Waals surface area contributed by atoms with Crippen LogP contribution >= 0.6 is 0 Å². The topological polar surface area (TPSA) is 35.5 Å². The number of hydrogen-bond donors (Lipinski definition) is 2. The Labute approximate surface area is 87.5 Å². The molecule has 3 atom stereocenters. The Hall–Kier alpha value is -0.120. The summed E-state index contributed by atoms with van der Waals surface area (Å²) in [6, 6.07) is 1.31. The van der Waals surface area contributed by atoms with Crippen molar-refractivity contribution in [2.24, 2.45) is 5.92 Å². The molecule has 0 aromatic heterocycles. The van der Waals surface area contributed by atoms with Gasteiger partial charge in [0.25, 0.3) is 0 Å². The average Bonchev–Trinajstić information content (AvgIpc) is 2.14. The van der Waals surface area contributed by atoms with Crippen LogP contribution in [0.2, 0.25) is 0 Å². The normalized spacial score (nSPS) is 34.7. The van der Waals surface area contributed by atoms with Crippen LogP contribution in [0.1, 0.15) is 26.7 Å². The molecular weight excluding hydrogens is 176 g/mol. The van der Waals surface area contributed by atoms with Gasteiger partial charge in [-0.05, 0) is 39.3 Å². The van der Waals surface area contributed by atoms with E-state index in [0.29, 0.717) is 18.7 Å². The van der Waals surface area contributed by atoms with Crippen molar-refractivity contribution in [1.29, 1.82) is 0 Å². The molecule has 2 N–H and O–H groups in total. The Morgan fingerprint density at radius 2 is 2.14 bits per heavy atom. The van der Waals surface area contributed by atoms with Crippen molar-refractivity contribution < 1.29 is 5.11 Å². The van der Waals surface area contributed by atoms with Gasteiger partial charge in [-0.1, -0.05) is 6.92 Å². The van der Waals surface area contributed by atoms with Crippen molar-refractivity contribution >= 4 is 0 Å². The minimum atomic E-state index is 0.295. The highest BCUT2D eigenvalue weighted by Gasteiger charge is 2.27. The van der Waals surface area contributed by atoms with Crippen LogP contribution in [0, 0.1) is 5.92 Å². The second-order valence-corrected chi connectivity index (χ2v) is 4.64. The van der Waals surface area contributed by atoms with E-state index >= 15 is 0 Å². The van der Waals surface area contributed by atoms with E-state index in [2.05, 4.69) is 31.1 Å². The van der Waals surface area contributed by atoms with E-state index in [-0.39, 0.29) is 0 Å². The standard InChI is InChI=1S/C11H24N2O/c1-9-8-13(3)10(2)7-11(9)12-5-4-6-14/h9-12,14H,4-8H2,1-3H3. The van der Waals surface area contributed by atoms with E-state index in [4.69, 9.17) is 5.11 Å². The summed E-state index contributed by atoms with van der Waals surface area (Å²) in [7, 11) is 2.20. The highest BCUT2D eigenvalue weighted by Crippen LogP contribution is 2.20. The first kappa shape index (κ1) is 12.0. The van der Waals surface area contributed by atoms with Gasteiger partial charge in [-0.3, -0.25) is 0 Å². The molecule has 0 saturated carbocycles. The fraction of sp³-hybridized carbons (Fsp3) is 1.00. The fourth-order valence-corrected chi connectivity index (χ4v) is 2.19. The summed E-state index contributed by atoms with van der Waals surface area (Å²) >= 11 is 0. The quantitative estimate of drug-likeness (QED) is 0.655. The van der Waals surface area contributed by atoms with Gasteiger partial charge in [-0.2, -0.15) is 0 Å². The van der Waals surface area contributed by atoms with Gasteiger partial charge in [0.05, 0.1) is 0 Å². The smallest absolute Gasteiger partial charge is 0.0443 e. The van der Waals surface area contributed by atoms with Crippen molar-refractivity contribution in [3.63, 3.8) is 0 Å². The Balaban J connectivity index is 2.29. The van der Waals surface area contributed by atoms with Crippen LogP contribution in [0.15, 0.2) is 0 Å². The molecule has 0 aliphatic carbocycles. The molecule has 0 aromatic rings. The molecule has 0 spiro atoms. The van der Waals surface area contributed by atoms with Crippen LogP contribution in [0.25, 0.3) is 0 Å². The van der Waals surface area contributed by atoms with Gasteiger partial charge in [0, 0.05) is 25.2 Å². The lowest BCUT2D eigenvalue weighted by Gasteiger charge is -2.40. The van der Waals surface area contributed by atoms with Crippen LogP contribution in [0.3, 0.4) is 0 Å². The maximum atomic E-state index is 8.71. The van der Waals surface area contributed by atoms with Gasteiger partial charge in [0.15, 0.2) is 0 Å². The molecule has 1 aliphatic rings. The molecule has 1 saturated heterocycles. The first-order valence-corrected chi connectivity index (χ1v) is 5.69. The molecule has 1 fully saturated rings. The first-order valence-electron chi connectivity index (χ1n) is 5.69. The number of hydrogen-bond acceptors (Lipinski definition) is 3. The lowest BCUT2D eigenvalue weighted by atomic mass is 9.90. The van der Waals surface area contributed by atoms with Gasteiger partial charge in [-0.25, -0.2) is 0 Å². The number of likely N-dealkylation sites (tertiary alicyclic amines) is 1. The molecule has 1 rings (SSSR count). The zero-order chi connectivity index (χ0) is 10.6. The molecule has 3 nitrogen and oxygen atoms in total. The predicted molar refractivity (Wildman–Crippen MR) is 59.4 cm³/mol. The second-order valence-electron chi connectivity index (χ2n) is 4.64. The van der Waals surface area contributed by atoms with Gasteiger partial charge in [0.1, 0.15) is 0 Å². The number of nitrogens with zero attached hydrogens (tertiary/aromatic N) is 1. The third kappa shape index (κ3) is 3.23. The lowest BCUT2D eigenvalue weighted by molar-refractivity contribution is 0.120. The van der Waals surface area contributed by atoms with Crippen molar-refractivity contribution in [3.05, 3.63) is 0 Å². The van der Waals surface area contributed by atoms with Gasteiger partial charge < -0.3 is 15.3 Å². The molecule has 1 heterocycles. The molecule has 3 unspecified atom stereocenters. The van der Waals surface area contributed by atoms with E-state index in [0.717, 1.165) is 18.9 Å². The Morgan fingerprint density at radius 3 is 2.79 bits per heavy atom. The summed E-state index contributed by atoms with van der Waals surface area (Å²) in [6.45, 7) is 7.01. The summed E-state index contributed by atoms with van der Waals surface area (Å²) in [5.74, 6) is 0.717. The van der Waals surface area contributed by atoms with Crippen molar-refractivity contribution in [2.45, 2.75) is 38.8 Å². The zero-order valence-corrected chi connectivity index (χ0v) is 9.66. The van der Waals surface area contributed by atoms with E-state index in [1.807, 2.05) is 0 Å². The third-order valence-corrected chi connectivity index (χ3v) is 3.35. The third-order valence-electron chi connectivity index (χ3n) is 3.35. The van der Waals surface area contributed by atoms with E-state index in [9.17, 15) is 0 Å². The number of piperidine rings is 1. The van der Waals surface area contributed by atoms with Crippen LogP contribution in [0.5, 0.6) is 0 Å². The summed E-state index contributed by atoms with van der Waals surface area (Å²) in [4.78, 5) is 2.43. The molecule has 0 aromatic carbocycles. The van der Waals surface area contributed by atoms with Gasteiger partial charge in [0.2, 0.25) is 0 Å². The summed E-state index contributed by atoms with van der Waals surface area (Å²) < 4.78 is 0. The van der Waals surface area contributed by atoms with Crippen LogP contribution in [0.4, 0.5) is 0 Å². The number of nitrogens with one attached hydrogen (secondary N) is 1. The summed E-state index contributed by atoms with van der Waals surface area (Å²) in [5.41, 5.74) is 0. The van der Waals surface area contributed by atoms with E-state index in [1.54, 1.807) is 0 Å². The van der Waals surface area contributed by atoms with Crippen molar-refractivity contribution in [1.82, 2.24) is 10.2 Å². The Bertz CT molecular complexity index is 163. The zero-order valence-electron chi connectivity index (χ0n) is 9.66. The highest BCUT2D eigenvalue weighted by atomic mass is 16.3. The van der Waals surface area contributed by atoms with Crippen LogP contribution in [-0.4, -0.2) is 48.8 Å². The Kier molecular flexibility index (Phi) is 4.85. The Morgan fingerprint density at radius 1 is 1.43 bits per heavy atom. The molecule has 84 valence electrons. The van der Waals surface area contributed by atoms with Crippen molar-refractivity contribution in [3.8, 4) is 0 Å². The largest absolute Gasteiger partial charge is 0.396 e. The number of aliphatic hydroxyl groups excluding tert-OH is 1. The minimum absolute atomic E-state index is 0.295. The minimum Gasteiger partial charge on any atom is -0.396 e. The van der Waals surface area contributed by atoms with E-state index in [1.165, 1.54) is 13.0 Å². The molecule has 0 amide bonds. The molecule has 0 radical (unpaired) electrons. The van der Waals surface area contributed by atoms with Crippen LogP contribution < -0.4 is 5.32 Å². The number of rotatable bonds is 4. The molecule has 0 bridgehead atoms. The molecule has 14 heavy (non-hydrogen) atoms. The molecule has 1 aliphatic heterocycles. The second kappa shape index (κ2) is 5.69. The maximum absolute atomic E-state index is 8.71. The monoisotopic (exact) mass is 200 g/mol. The average molecular weight is 200 g/mol. The SMILES string of the molecule is CC1CN(C)C(C)CC1NCCCO. The first-order chi connectivity index (χ1) is 6.65. The summed E-state index contributed by atoms with van der Waals surface area (Å²) in [5, 5.41) is 12.2. The lowest BCUT2D eigenvalue weighted by Crippen LogP contribution is -2.51. The van der Waals surface area contributed by atoms with Crippen molar-refractivity contribution in [2.75, 3.05) is 26.7 Å². The fourth-order valence-electron chi connectivity index (χ4n) is 2.19.